The van der Waals surface area contributed by atoms with E-state index >= 15 is 0 Å². The van der Waals surface area contributed by atoms with Gasteiger partial charge in [0.2, 0.25) is 0 Å². The number of fused-ring (bicyclic) bond motifs is 1. The molecule has 7 nitrogen and oxygen atoms in total. The first kappa shape index (κ1) is 22.8. The van der Waals surface area contributed by atoms with Crippen molar-refractivity contribution in [3.8, 4) is 0 Å². The molecule has 2 N–H and O–H groups in total. The van der Waals surface area contributed by atoms with E-state index in [0.29, 0.717) is 17.1 Å². The monoisotopic (exact) mass is 501 g/mol. The zero-order valence-corrected chi connectivity index (χ0v) is 19.5. The Balaban J connectivity index is 1.55. The molecule has 33 heavy (non-hydrogen) atoms. The summed E-state index contributed by atoms with van der Waals surface area (Å²) in [5.41, 5.74) is 3.80. The smallest absolute Gasteiger partial charge is 0.271 e. The summed E-state index contributed by atoms with van der Waals surface area (Å²) in [7, 11) is -4.11. The molecule has 0 atom stereocenters. The van der Waals surface area contributed by atoms with Gasteiger partial charge in [0.1, 0.15) is 16.2 Å². The number of anilines is 1. The third-order valence-electron chi connectivity index (χ3n) is 4.71. The van der Waals surface area contributed by atoms with E-state index in [1.807, 2.05) is 30.3 Å². The Hall–Kier alpha value is -3.33. The summed E-state index contributed by atoms with van der Waals surface area (Å²) in [4.78, 5) is 12.4. The molecule has 0 aliphatic carbocycles. The Labute approximate surface area is 200 Å². The molecule has 4 aromatic rings. The topological polar surface area (TPSA) is 101 Å². The van der Waals surface area contributed by atoms with E-state index in [9.17, 15) is 13.2 Å². The van der Waals surface area contributed by atoms with Crippen LogP contribution in [0.2, 0.25) is 10.0 Å². The van der Waals surface area contributed by atoms with Gasteiger partial charge in [0, 0.05) is 10.9 Å². The second-order valence-electron chi connectivity index (χ2n) is 7.02. The molecule has 0 saturated carbocycles. The third-order valence-corrected chi connectivity index (χ3v) is 6.89. The molecule has 0 fully saturated rings. The Bertz CT molecular complexity index is 1460. The molecule has 4 rings (SSSR count). The summed E-state index contributed by atoms with van der Waals surface area (Å²) in [6.07, 6.45) is 0. The summed E-state index contributed by atoms with van der Waals surface area (Å²) in [5.74, 6) is -0.115. The lowest BCUT2D eigenvalue weighted by Crippen LogP contribution is -2.20. The molecule has 1 amide bonds. The SMILES string of the molecule is C/C(=N\NC(=O)c1ccc(Cl)c(S(=O)(=O)Nc2ccccc2Cl)c1)c1cc2ccccc2o1. The standard InChI is InChI=1S/C23H17Cl2N3O4S/c1-14(21-12-15-6-2-5-9-20(15)32-21)26-27-23(29)16-10-11-18(25)22(13-16)33(30,31)28-19-8-4-3-7-17(19)24/h2-13,28H,1H3,(H,27,29)/b26-14+. The number of carbonyl (C=O) groups is 1. The summed E-state index contributed by atoms with van der Waals surface area (Å²) in [6.45, 7) is 1.68. The number of hydrogen-bond acceptors (Lipinski definition) is 5. The summed E-state index contributed by atoms with van der Waals surface area (Å²) in [5, 5.41) is 5.15. The molecule has 1 heterocycles. The highest BCUT2D eigenvalue weighted by Gasteiger charge is 2.21. The van der Waals surface area contributed by atoms with Crippen LogP contribution in [0.15, 0.2) is 87.2 Å². The first-order valence-electron chi connectivity index (χ1n) is 9.65. The average molecular weight is 502 g/mol. The molecule has 0 aliphatic rings. The number of nitrogens with one attached hydrogen (secondary N) is 2. The van der Waals surface area contributed by atoms with Crippen molar-refractivity contribution in [1.82, 2.24) is 5.43 Å². The lowest BCUT2D eigenvalue weighted by Gasteiger charge is -2.12. The maximum atomic E-state index is 12.9. The maximum Gasteiger partial charge on any atom is 0.271 e. The first-order chi connectivity index (χ1) is 15.7. The molecule has 0 saturated heterocycles. The minimum Gasteiger partial charge on any atom is -0.455 e. The molecule has 168 valence electrons. The van der Waals surface area contributed by atoms with Crippen LogP contribution in [0.5, 0.6) is 0 Å². The van der Waals surface area contributed by atoms with Crippen LogP contribution in [-0.2, 0) is 10.0 Å². The normalized spacial score (nSPS) is 12.0. The van der Waals surface area contributed by atoms with Crippen molar-refractivity contribution in [2.45, 2.75) is 11.8 Å². The van der Waals surface area contributed by atoms with Crippen molar-refractivity contribution in [1.29, 1.82) is 0 Å². The van der Waals surface area contributed by atoms with E-state index in [1.54, 1.807) is 25.1 Å². The number of carbonyl (C=O) groups excluding carboxylic acids is 1. The first-order valence-corrected chi connectivity index (χ1v) is 11.9. The Kier molecular flexibility index (Phi) is 6.42. The van der Waals surface area contributed by atoms with Crippen molar-refractivity contribution in [2.24, 2.45) is 5.10 Å². The number of amides is 1. The zero-order chi connectivity index (χ0) is 23.6. The van der Waals surface area contributed by atoms with Crippen LogP contribution in [0.25, 0.3) is 11.0 Å². The lowest BCUT2D eigenvalue weighted by atomic mass is 10.2. The molecule has 0 spiro atoms. The molecular weight excluding hydrogens is 485 g/mol. The molecule has 10 heteroatoms. The largest absolute Gasteiger partial charge is 0.455 e. The van der Waals surface area contributed by atoms with Gasteiger partial charge < -0.3 is 4.42 Å². The van der Waals surface area contributed by atoms with E-state index in [4.69, 9.17) is 27.6 Å². The van der Waals surface area contributed by atoms with Crippen LogP contribution in [-0.4, -0.2) is 20.0 Å². The fraction of sp³-hybridized carbons (Fsp3) is 0.0435. The van der Waals surface area contributed by atoms with E-state index in [1.165, 1.54) is 24.3 Å². The number of benzene rings is 3. The predicted molar refractivity (Wildman–Crippen MR) is 130 cm³/mol. The summed E-state index contributed by atoms with van der Waals surface area (Å²) >= 11 is 12.2. The van der Waals surface area contributed by atoms with E-state index in [0.717, 1.165) is 5.39 Å². The Morgan fingerprint density at radius 2 is 1.67 bits per heavy atom. The van der Waals surface area contributed by atoms with Crippen molar-refractivity contribution < 1.29 is 17.6 Å². The van der Waals surface area contributed by atoms with Gasteiger partial charge in [0.25, 0.3) is 15.9 Å². The zero-order valence-electron chi connectivity index (χ0n) is 17.2. The van der Waals surface area contributed by atoms with Crippen molar-refractivity contribution in [2.75, 3.05) is 4.72 Å². The quantitative estimate of drug-likeness (QED) is 0.261. The van der Waals surface area contributed by atoms with Gasteiger partial charge in [-0.05, 0) is 49.4 Å². The summed E-state index contributed by atoms with van der Waals surface area (Å²) in [6, 6.07) is 19.6. The maximum absolute atomic E-state index is 12.9. The number of rotatable bonds is 6. The predicted octanol–water partition coefficient (Wildman–Crippen LogP) is 5.69. The van der Waals surface area contributed by atoms with Gasteiger partial charge in [-0.15, -0.1) is 0 Å². The van der Waals surface area contributed by atoms with Crippen LogP contribution in [0.3, 0.4) is 0 Å². The van der Waals surface area contributed by atoms with Gasteiger partial charge in [-0.2, -0.15) is 5.10 Å². The van der Waals surface area contributed by atoms with Gasteiger partial charge in [-0.3, -0.25) is 9.52 Å². The average Bonchev–Trinajstić information content (AvgIpc) is 3.23. The Morgan fingerprint density at radius 1 is 0.939 bits per heavy atom. The van der Waals surface area contributed by atoms with Crippen LogP contribution in [0.1, 0.15) is 23.0 Å². The number of nitrogens with zero attached hydrogens (tertiary/aromatic N) is 1. The molecule has 0 aliphatic heterocycles. The minimum absolute atomic E-state index is 0.0481. The minimum atomic E-state index is -4.11. The third kappa shape index (κ3) is 5.03. The highest BCUT2D eigenvalue weighted by atomic mass is 35.5. The molecular formula is C23H17Cl2N3O4S. The second-order valence-corrected chi connectivity index (χ2v) is 9.48. The number of para-hydroxylation sites is 2. The highest BCUT2D eigenvalue weighted by Crippen LogP contribution is 2.28. The van der Waals surface area contributed by atoms with Crippen molar-refractivity contribution in [3.63, 3.8) is 0 Å². The van der Waals surface area contributed by atoms with Crippen LogP contribution >= 0.6 is 23.2 Å². The molecule has 0 bridgehead atoms. The fourth-order valence-electron chi connectivity index (χ4n) is 3.01. The second kappa shape index (κ2) is 9.27. The number of hydrazone groups is 1. The number of hydrogen-bond donors (Lipinski definition) is 2. The van der Waals surface area contributed by atoms with Gasteiger partial charge in [-0.25, -0.2) is 13.8 Å². The van der Waals surface area contributed by atoms with Gasteiger partial charge in [0.15, 0.2) is 5.76 Å². The van der Waals surface area contributed by atoms with Gasteiger partial charge >= 0.3 is 0 Å². The van der Waals surface area contributed by atoms with Crippen LogP contribution < -0.4 is 10.1 Å². The number of furan rings is 1. The molecule has 3 aromatic carbocycles. The summed E-state index contributed by atoms with van der Waals surface area (Å²) < 4.78 is 33.8. The fourth-order valence-corrected chi connectivity index (χ4v) is 4.85. The highest BCUT2D eigenvalue weighted by molar-refractivity contribution is 7.92. The van der Waals surface area contributed by atoms with Crippen molar-refractivity contribution >= 4 is 61.5 Å². The van der Waals surface area contributed by atoms with Gasteiger partial charge in [0.05, 0.1) is 15.7 Å². The van der Waals surface area contributed by atoms with Gasteiger partial charge in [-0.1, -0.05) is 53.5 Å². The lowest BCUT2D eigenvalue weighted by molar-refractivity contribution is 0.0954. The van der Waals surface area contributed by atoms with E-state index in [2.05, 4.69) is 15.2 Å². The van der Waals surface area contributed by atoms with E-state index in [-0.39, 0.29) is 26.2 Å². The number of halogens is 2. The Morgan fingerprint density at radius 3 is 2.42 bits per heavy atom. The van der Waals surface area contributed by atoms with E-state index < -0.39 is 15.9 Å². The molecule has 0 unspecified atom stereocenters. The number of sulfonamides is 1. The molecule has 1 aromatic heterocycles. The molecule has 0 radical (unpaired) electrons. The van der Waals surface area contributed by atoms with Crippen LogP contribution in [0.4, 0.5) is 5.69 Å². The van der Waals surface area contributed by atoms with Crippen LogP contribution in [0, 0.1) is 0 Å². The van der Waals surface area contributed by atoms with Crippen molar-refractivity contribution in [3.05, 3.63) is 94.2 Å².